The zero-order valence-corrected chi connectivity index (χ0v) is 15.1. The van der Waals surface area contributed by atoms with Gasteiger partial charge in [-0.15, -0.1) is 0 Å². The summed E-state index contributed by atoms with van der Waals surface area (Å²) >= 11 is 0. The Bertz CT molecular complexity index is 693. The first-order valence-corrected chi connectivity index (χ1v) is 9.66. The molecule has 0 amide bonds. The summed E-state index contributed by atoms with van der Waals surface area (Å²) in [6, 6.07) is 6.01. The Balaban J connectivity index is 0.000000144. The van der Waals surface area contributed by atoms with Gasteiger partial charge in [0.25, 0.3) is 5.56 Å². The van der Waals surface area contributed by atoms with Gasteiger partial charge in [-0.05, 0) is 86.7 Å². The standard InChI is InChI=1S/C12H11NO.C7H13N.C2H6/c14-12-10-6-2-4-8-3-1-5-9(7-13-12)11(8)10;1-4-8-5-2-7(1)3-6-8;1-2/h2,4,6-7H,1,3,5H2,(H,13,14);7H,1-6H2;1-2H3. The van der Waals surface area contributed by atoms with Crippen LogP contribution >= 0.6 is 0 Å². The fourth-order valence-corrected chi connectivity index (χ4v) is 4.21. The molecular weight excluding hydrogens is 296 g/mol. The molecule has 1 aliphatic carbocycles. The summed E-state index contributed by atoms with van der Waals surface area (Å²) in [6.07, 6.45) is 9.71. The smallest absolute Gasteiger partial charge is 0.255 e. The number of aromatic amines is 1. The molecule has 4 heterocycles. The van der Waals surface area contributed by atoms with E-state index in [2.05, 4.69) is 16.0 Å². The molecule has 3 aliphatic heterocycles. The average molecular weight is 326 g/mol. The molecule has 3 saturated heterocycles. The summed E-state index contributed by atoms with van der Waals surface area (Å²) in [5, 5.41) is 2.04. The van der Waals surface area contributed by atoms with Crippen LogP contribution in [0.1, 0.15) is 50.7 Å². The fraction of sp³-hybridized carbons (Fsp3) is 0.571. The zero-order chi connectivity index (χ0) is 16.9. The number of nitrogens with zero attached hydrogens (tertiary/aromatic N) is 1. The van der Waals surface area contributed by atoms with Crippen molar-refractivity contribution in [2.75, 3.05) is 19.6 Å². The van der Waals surface area contributed by atoms with Crippen molar-refractivity contribution in [1.29, 1.82) is 0 Å². The monoisotopic (exact) mass is 326 g/mol. The normalized spacial score (nSPS) is 23.8. The summed E-state index contributed by atoms with van der Waals surface area (Å²) in [6.45, 7) is 8.18. The van der Waals surface area contributed by atoms with Gasteiger partial charge in [-0.2, -0.15) is 0 Å². The van der Waals surface area contributed by atoms with Crippen LogP contribution in [-0.4, -0.2) is 29.5 Å². The van der Waals surface area contributed by atoms with Gasteiger partial charge >= 0.3 is 0 Å². The number of nitrogens with one attached hydrogen (secondary N) is 1. The summed E-state index contributed by atoms with van der Waals surface area (Å²) in [5.41, 5.74) is 2.66. The highest BCUT2D eigenvalue weighted by Crippen LogP contribution is 2.27. The van der Waals surface area contributed by atoms with E-state index >= 15 is 0 Å². The van der Waals surface area contributed by atoms with Gasteiger partial charge in [-0.3, -0.25) is 4.79 Å². The fourth-order valence-electron chi connectivity index (χ4n) is 4.21. The van der Waals surface area contributed by atoms with Crippen LogP contribution in [0, 0.1) is 5.92 Å². The minimum Gasteiger partial charge on any atom is -0.328 e. The first-order valence-electron chi connectivity index (χ1n) is 9.66. The third-order valence-corrected chi connectivity index (χ3v) is 5.55. The van der Waals surface area contributed by atoms with Crippen LogP contribution in [0.15, 0.2) is 29.2 Å². The number of hydrogen-bond acceptors (Lipinski definition) is 2. The molecule has 0 saturated carbocycles. The van der Waals surface area contributed by atoms with Crippen molar-refractivity contribution >= 4 is 10.8 Å². The van der Waals surface area contributed by atoms with Crippen molar-refractivity contribution < 1.29 is 0 Å². The lowest BCUT2D eigenvalue weighted by Crippen LogP contribution is -2.41. The number of piperidine rings is 3. The maximum absolute atomic E-state index is 11.6. The molecule has 4 aliphatic rings. The van der Waals surface area contributed by atoms with E-state index in [9.17, 15) is 4.79 Å². The Morgan fingerprint density at radius 2 is 1.67 bits per heavy atom. The van der Waals surface area contributed by atoms with Gasteiger partial charge in [0.15, 0.2) is 0 Å². The van der Waals surface area contributed by atoms with Crippen molar-refractivity contribution in [2.45, 2.75) is 52.4 Å². The quantitative estimate of drug-likeness (QED) is 0.789. The van der Waals surface area contributed by atoms with E-state index in [0.717, 1.165) is 24.1 Å². The van der Waals surface area contributed by atoms with Gasteiger partial charge in [-0.1, -0.05) is 26.0 Å². The zero-order valence-electron chi connectivity index (χ0n) is 15.1. The number of rotatable bonds is 0. The second kappa shape index (κ2) is 7.98. The number of fused-ring (bicyclic) bond motifs is 3. The maximum Gasteiger partial charge on any atom is 0.255 e. The number of H-pyrrole nitrogens is 1. The Morgan fingerprint density at radius 1 is 1.00 bits per heavy atom. The second-order valence-electron chi connectivity index (χ2n) is 6.91. The molecule has 0 radical (unpaired) electrons. The molecule has 1 aromatic carbocycles. The minimum atomic E-state index is 0.0347. The number of aromatic nitrogens is 1. The van der Waals surface area contributed by atoms with Crippen LogP contribution in [-0.2, 0) is 12.8 Å². The topological polar surface area (TPSA) is 36.1 Å². The number of pyridine rings is 1. The van der Waals surface area contributed by atoms with E-state index in [-0.39, 0.29) is 5.56 Å². The van der Waals surface area contributed by atoms with E-state index in [1.54, 1.807) is 0 Å². The predicted octanol–water partition coefficient (Wildman–Crippen LogP) is 4.15. The van der Waals surface area contributed by atoms with Gasteiger partial charge in [0.05, 0.1) is 0 Å². The Morgan fingerprint density at radius 3 is 2.25 bits per heavy atom. The van der Waals surface area contributed by atoms with Gasteiger partial charge in [-0.25, -0.2) is 0 Å². The molecule has 2 aromatic rings. The second-order valence-corrected chi connectivity index (χ2v) is 6.91. The largest absolute Gasteiger partial charge is 0.328 e. The van der Waals surface area contributed by atoms with Crippen LogP contribution < -0.4 is 5.56 Å². The van der Waals surface area contributed by atoms with Gasteiger partial charge in [0, 0.05) is 11.6 Å². The first kappa shape index (κ1) is 17.2. The lowest BCUT2D eigenvalue weighted by molar-refractivity contribution is 0.111. The predicted molar refractivity (Wildman–Crippen MR) is 102 cm³/mol. The highest BCUT2D eigenvalue weighted by molar-refractivity contribution is 5.88. The van der Waals surface area contributed by atoms with Crippen molar-refractivity contribution in [2.24, 2.45) is 5.92 Å². The SMILES string of the molecule is C1CN2CCC1CC2.CC.O=c1[nH]cc2c3c(cccc13)CCC2. The van der Waals surface area contributed by atoms with E-state index in [1.807, 2.05) is 32.2 Å². The van der Waals surface area contributed by atoms with Crippen LogP contribution in [0.5, 0.6) is 0 Å². The molecule has 6 rings (SSSR count). The lowest BCUT2D eigenvalue weighted by Gasteiger charge is -2.38. The highest BCUT2D eigenvalue weighted by Gasteiger charge is 2.24. The highest BCUT2D eigenvalue weighted by atomic mass is 16.1. The first-order chi connectivity index (χ1) is 11.8. The van der Waals surface area contributed by atoms with Gasteiger partial charge < -0.3 is 9.88 Å². The molecular formula is C21H30N2O. The molecule has 1 N–H and O–H groups in total. The Labute approximate surface area is 145 Å². The molecule has 0 spiro atoms. The molecule has 0 unspecified atom stereocenters. The van der Waals surface area contributed by atoms with Crippen molar-refractivity contribution in [3.63, 3.8) is 0 Å². The van der Waals surface area contributed by atoms with E-state index in [1.165, 1.54) is 61.8 Å². The van der Waals surface area contributed by atoms with Crippen molar-refractivity contribution in [3.8, 4) is 0 Å². The Hall–Kier alpha value is -1.61. The maximum atomic E-state index is 11.6. The van der Waals surface area contributed by atoms with E-state index in [0.29, 0.717) is 0 Å². The molecule has 1 aromatic heterocycles. The van der Waals surface area contributed by atoms with Crippen LogP contribution in [0.25, 0.3) is 10.8 Å². The van der Waals surface area contributed by atoms with Crippen molar-refractivity contribution in [1.82, 2.24) is 9.88 Å². The summed E-state index contributed by atoms with van der Waals surface area (Å²) < 4.78 is 0. The summed E-state index contributed by atoms with van der Waals surface area (Å²) in [5.74, 6) is 1.11. The van der Waals surface area contributed by atoms with Crippen LogP contribution in [0.3, 0.4) is 0 Å². The molecule has 24 heavy (non-hydrogen) atoms. The van der Waals surface area contributed by atoms with Crippen LogP contribution in [0.2, 0.25) is 0 Å². The molecule has 3 fully saturated rings. The van der Waals surface area contributed by atoms with Crippen LogP contribution in [0.4, 0.5) is 0 Å². The third-order valence-electron chi connectivity index (χ3n) is 5.55. The van der Waals surface area contributed by atoms with Crippen molar-refractivity contribution in [3.05, 3.63) is 45.9 Å². The minimum absolute atomic E-state index is 0.0347. The van der Waals surface area contributed by atoms with Gasteiger partial charge in [0.1, 0.15) is 0 Å². The summed E-state index contributed by atoms with van der Waals surface area (Å²) in [4.78, 5) is 17.0. The molecule has 0 atom stereocenters. The number of hydrogen-bond donors (Lipinski definition) is 1. The van der Waals surface area contributed by atoms with E-state index < -0.39 is 0 Å². The number of benzene rings is 1. The molecule has 2 bridgehead atoms. The average Bonchev–Trinajstić information content (AvgIpc) is 2.69. The summed E-state index contributed by atoms with van der Waals surface area (Å²) in [7, 11) is 0. The van der Waals surface area contributed by atoms with Gasteiger partial charge in [0.2, 0.25) is 0 Å². The number of aryl methyl sites for hydroxylation is 2. The third kappa shape index (κ3) is 3.56. The molecule has 3 nitrogen and oxygen atoms in total. The van der Waals surface area contributed by atoms with E-state index in [4.69, 9.17) is 0 Å². The Kier molecular flexibility index (Phi) is 5.72. The lowest BCUT2D eigenvalue weighted by atomic mass is 9.89. The molecule has 3 heteroatoms. The molecule has 130 valence electrons.